The van der Waals surface area contributed by atoms with Crippen LogP contribution in [0.4, 0.5) is 0 Å². The van der Waals surface area contributed by atoms with E-state index >= 15 is 0 Å². The van der Waals surface area contributed by atoms with Crippen LogP contribution in [0.25, 0.3) is 0 Å². The van der Waals surface area contributed by atoms with Crippen LogP contribution < -0.4 is 5.32 Å². The summed E-state index contributed by atoms with van der Waals surface area (Å²) in [5.41, 5.74) is -0.259. The third-order valence-electron chi connectivity index (χ3n) is 3.07. The first-order valence-corrected chi connectivity index (χ1v) is 7.46. The summed E-state index contributed by atoms with van der Waals surface area (Å²) in [6.07, 6.45) is 1.23. The number of benzene rings is 1. The molecule has 0 aliphatic carbocycles. The largest absolute Gasteiger partial charge is 0.388 e. The number of carbonyl (C=O) groups is 1. The summed E-state index contributed by atoms with van der Waals surface area (Å²) in [5.74, 6) is -0.185. The Hall–Kier alpha value is -0.390. The fraction of sp³-hybridized carbons (Fsp3) is 0.462. The molecule has 100 valence electrons. The summed E-state index contributed by atoms with van der Waals surface area (Å²) in [7, 11) is 0. The molecule has 0 aromatic heterocycles. The van der Waals surface area contributed by atoms with Gasteiger partial charge in [0, 0.05) is 15.5 Å². The SMILES string of the molecule is CCC(O)(CC)CNC(=O)c1ccc(Br)cc1Br. The van der Waals surface area contributed by atoms with Crippen LogP contribution in [0, 0.1) is 0 Å². The van der Waals surface area contributed by atoms with Gasteiger partial charge in [-0.3, -0.25) is 4.79 Å². The van der Waals surface area contributed by atoms with Gasteiger partial charge in [-0.15, -0.1) is 0 Å². The van der Waals surface area contributed by atoms with Crippen molar-refractivity contribution in [1.82, 2.24) is 5.32 Å². The van der Waals surface area contributed by atoms with E-state index in [4.69, 9.17) is 0 Å². The van der Waals surface area contributed by atoms with Crippen LogP contribution in [-0.4, -0.2) is 23.2 Å². The normalized spacial score (nSPS) is 11.4. The fourth-order valence-electron chi connectivity index (χ4n) is 1.51. The summed E-state index contributed by atoms with van der Waals surface area (Å²) in [5, 5.41) is 12.9. The summed E-state index contributed by atoms with van der Waals surface area (Å²) in [4.78, 5) is 12.0. The second kappa shape index (κ2) is 6.68. The quantitative estimate of drug-likeness (QED) is 0.823. The fourth-order valence-corrected chi connectivity index (χ4v) is 2.74. The van der Waals surface area contributed by atoms with Crippen molar-refractivity contribution in [3.05, 3.63) is 32.7 Å². The van der Waals surface area contributed by atoms with E-state index in [1.807, 2.05) is 26.0 Å². The Balaban J connectivity index is 2.71. The van der Waals surface area contributed by atoms with Gasteiger partial charge in [-0.25, -0.2) is 0 Å². The predicted octanol–water partition coefficient (Wildman–Crippen LogP) is 3.49. The zero-order valence-corrected chi connectivity index (χ0v) is 13.6. The molecular weight excluding hydrogens is 362 g/mol. The van der Waals surface area contributed by atoms with Crippen molar-refractivity contribution < 1.29 is 9.90 Å². The van der Waals surface area contributed by atoms with Crippen molar-refractivity contribution in [2.24, 2.45) is 0 Å². The second-order valence-corrected chi connectivity index (χ2v) is 6.01. The van der Waals surface area contributed by atoms with Crippen molar-refractivity contribution in [3.63, 3.8) is 0 Å². The van der Waals surface area contributed by atoms with Crippen LogP contribution in [0.5, 0.6) is 0 Å². The van der Waals surface area contributed by atoms with Gasteiger partial charge in [-0.1, -0.05) is 29.8 Å². The van der Waals surface area contributed by atoms with Gasteiger partial charge in [0.25, 0.3) is 5.91 Å². The van der Waals surface area contributed by atoms with Gasteiger partial charge in [0.15, 0.2) is 0 Å². The maximum Gasteiger partial charge on any atom is 0.252 e. The van der Waals surface area contributed by atoms with E-state index in [2.05, 4.69) is 37.2 Å². The Morgan fingerprint density at radius 1 is 1.33 bits per heavy atom. The minimum Gasteiger partial charge on any atom is -0.388 e. The van der Waals surface area contributed by atoms with Gasteiger partial charge in [0.2, 0.25) is 0 Å². The maximum absolute atomic E-state index is 12.0. The molecule has 0 fully saturated rings. The number of aliphatic hydroxyl groups is 1. The third-order valence-corrected chi connectivity index (χ3v) is 4.22. The van der Waals surface area contributed by atoms with E-state index in [0.29, 0.717) is 18.4 Å². The number of halogens is 2. The molecule has 0 saturated carbocycles. The summed E-state index contributed by atoms with van der Waals surface area (Å²) in [6.45, 7) is 4.08. The summed E-state index contributed by atoms with van der Waals surface area (Å²) in [6, 6.07) is 5.37. The van der Waals surface area contributed by atoms with Crippen molar-refractivity contribution in [3.8, 4) is 0 Å². The molecule has 1 rings (SSSR count). The molecule has 0 heterocycles. The molecule has 0 saturated heterocycles. The van der Waals surface area contributed by atoms with E-state index in [0.717, 1.165) is 8.95 Å². The number of carbonyl (C=O) groups excluding carboxylic acids is 1. The van der Waals surface area contributed by atoms with Crippen LogP contribution in [-0.2, 0) is 0 Å². The Morgan fingerprint density at radius 3 is 2.44 bits per heavy atom. The zero-order chi connectivity index (χ0) is 13.8. The highest BCUT2D eigenvalue weighted by Gasteiger charge is 2.23. The first-order chi connectivity index (χ1) is 8.41. The highest BCUT2D eigenvalue weighted by molar-refractivity contribution is 9.11. The average Bonchev–Trinajstić information content (AvgIpc) is 2.35. The molecule has 1 aromatic carbocycles. The standard InChI is InChI=1S/C13H17Br2NO2/c1-3-13(18,4-2)8-16-12(17)10-6-5-9(14)7-11(10)15/h5-7,18H,3-4,8H2,1-2H3,(H,16,17). The topological polar surface area (TPSA) is 49.3 Å². The molecule has 18 heavy (non-hydrogen) atoms. The molecule has 0 atom stereocenters. The molecule has 2 N–H and O–H groups in total. The van der Waals surface area contributed by atoms with Crippen LogP contribution in [0.3, 0.4) is 0 Å². The van der Waals surface area contributed by atoms with E-state index in [1.54, 1.807) is 6.07 Å². The van der Waals surface area contributed by atoms with Crippen molar-refractivity contribution >= 4 is 37.8 Å². The smallest absolute Gasteiger partial charge is 0.252 e. The minimum atomic E-state index is -0.822. The molecular formula is C13H17Br2NO2. The van der Waals surface area contributed by atoms with E-state index in [-0.39, 0.29) is 12.5 Å². The van der Waals surface area contributed by atoms with Crippen LogP contribution in [0.2, 0.25) is 0 Å². The monoisotopic (exact) mass is 377 g/mol. The molecule has 0 aliphatic rings. The third kappa shape index (κ3) is 4.07. The summed E-state index contributed by atoms with van der Waals surface area (Å²) < 4.78 is 1.63. The number of hydrogen-bond acceptors (Lipinski definition) is 2. The van der Waals surface area contributed by atoms with Crippen molar-refractivity contribution in [2.75, 3.05) is 6.54 Å². The lowest BCUT2D eigenvalue weighted by Gasteiger charge is -2.25. The molecule has 0 spiro atoms. The number of amides is 1. The van der Waals surface area contributed by atoms with Crippen molar-refractivity contribution in [2.45, 2.75) is 32.3 Å². The van der Waals surface area contributed by atoms with E-state index < -0.39 is 5.60 Å². The van der Waals surface area contributed by atoms with Gasteiger partial charge in [0.05, 0.1) is 11.2 Å². The Kier molecular flexibility index (Phi) is 5.82. The lowest BCUT2D eigenvalue weighted by molar-refractivity contribution is 0.0314. The number of nitrogens with one attached hydrogen (secondary N) is 1. The van der Waals surface area contributed by atoms with Crippen LogP contribution in [0.1, 0.15) is 37.0 Å². The molecule has 0 unspecified atom stereocenters. The molecule has 0 bridgehead atoms. The number of hydrogen-bond donors (Lipinski definition) is 2. The molecule has 0 radical (unpaired) electrons. The maximum atomic E-state index is 12.0. The Morgan fingerprint density at radius 2 is 1.94 bits per heavy atom. The van der Waals surface area contributed by atoms with Gasteiger partial charge >= 0.3 is 0 Å². The molecule has 3 nitrogen and oxygen atoms in total. The Labute approximate surface area is 124 Å². The molecule has 1 aromatic rings. The van der Waals surface area contributed by atoms with Gasteiger partial charge in [-0.05, 0) is 47.0 Å². The Bertz CT molecular complexity index is 431. The second-order valence-electron chi connectivity index (χ2n) is 4.24. The molecule has 0 aliphatic heterocycles. The zero-order valence-electron chi connectivity index (χ0n) is 10.5. The first-order valence-electron chi connectivity index (χ1n) is 5.87. The van der Waals surface area contributed by atoms with Crippen LogP contribution in [0.15, 0.2) is 27.1 Å². The van der Waals surface area contributed by atoms with Gasteiger partial charge in [-0.2, -0.15) is 0 Å². The summed E-state index contributed by atoms with van der Waals surface area (Å²) >= 11 is 6.69. The van der Waals surface area contributed by atoms with E-state index in [9.17, 15) is 9.90 Å². The highest BCUT2D eigenvalue weighted by Crippen LogP contribution is 2.22. The van der Waals surface area contributed by atoms with Gasteiger partial charge in [0.1, 0.15) is 0 Å². The van der Waals surface area contributed by atoms with Crippen molar-refractivity contribution in [1.29, 1.82) is 0 Å². The average molecular weight is 379 g/mol. The predicted molar refractivity (Wildman–Crippen MR) is 79.7 cm³/mol. The first kappa shape index (κ1) is 15.7. The minimum absolute atomic E-state index is 0.185. The number of rotatable bonds is 5. The lowest BCUT2D eigenvalue weighted by atomic mass is 9.97. The molecule has 1 amide bonds. The van der Waals surface area contributed by atoms with Crippen LogP contribution >= 0.6 is 31.9 Å². The lowest BCUT2D eigenvalue weighted by Crippen LogP contribution is -2.42. The molecule has 5 heteroatoms. The van der Waals surface area contributed by atoms with E-state index in [1.165, 1.54) is 0 Å². The highest BCUT2D eigenvalue weighted by atomic mass is 79.9. The van der Waals surface area contributed by atoms with Gasteiger partial charge < -0.3 is 10.4 Å².